The third kappa shape index (κ3) is 6.51. The number of aromatic nitrogens is 3. The zero-order chi connectivity index (χ0) is 30.5. The molecule has 0 saturated heterocycles. The molecular formula is C34H35N5O4. The summed E-state index contributed by atoms with van der Waals surface area (Å²) < 4.78 is 11.6. The Kier molecular flexibility index (Phi) is 8.71. The first-order valence-electron chi connectivity index (χ1n) is 14.2. The van der Waals surface area contributed by atoms with Crippen LogP contribution in [0.15, 0.2) is 84.0 Å². The standard InChI is InChI=1S/C34H35N5O4/c1-20(2)27-16-25(43-19-22-9-7-13-35-18-22)17-28(21(3)4)30(27)37-34(41)38-31-29(23-10-6-11-24(15-23)42-5)26-12-8-14-36-32(26)39-33(31)40/h6-18,20-21H,19H2,1-5H3,(H,36,39,40)(H2,37,38,41). The number of fused-ring (bicyclic) bond motifs is 1. The van der Waals surface area contributed by atoms with Gasteiger partial charge in [-0.05, 0) is 71.0 Å². The Balaban J connectivity index is 1.52. The van der Waals surface area contributed by atoms with Crippen LogP contribution in [0, 0.1) is 0 Å². The Morgan fingerprint density at radius 1 is 0.884 bits per heavy atom. The summed E-state index contributed by atoms with van der Waals surface area (Å²) in [6, 6.07) is 18.2. The highest BCUT2D eigenvalue weighted by atomic mass is 16.5. The highest BCUT2D eigenvalue weighted by Crippen LogP contribution is 2.38. The van der Waals surface area contributed by atoms with E-state index in [1.165, 1.54) is 0 Å². The molecule has 0 fully saturated rings. The van der Waals surface area contributed by atoms with Gasteiger partial charge in [-0.25, -0.2) is 9.78 Å². The molecule has 3 N–H and O–H groups in total. The summed E-state index contributed by atoms with van der Waals surface area (Å²) >= 11 is 0. The van der Waals surface area contributed by atoms with Crippen LogP contribution in [0.25, 0.3) is 22.2 Å². The first kappa shape index (κ1) is 29.3. The first-order valence-corrected chi connectivity index (χ1v) is 14.2. The molecule has 3 aromatic heterocycles. The van der Waals surface area contributed by atoms with E-state index in [0.717, 1.165) is 16.7 Å². The fourth-order valence-corrected chi connectivity index (χ4v) is 5.03. The molecule has 5 rings (SSSR count). The van der Waals surface area contributed by atoms with Crippen LogP contribution >= 0.6 is 0 Å². The molecule has 220 valence electrons. The van der Waals surface area contributed by atoms with E-state index in [4.69, 9.17) is 9.47 Å². The highest BCUT2D eigenvalue weighted by Gasteiger charge is 2.22. The number of nitrogens with zero attached hydrogens (tertiary/aromatic N) is 2. The number of amides is 2. The molecular weight excluding hydrogens is 542 g/mol. The predicted molar refractivity (Wildman–Crippen MR) is 170 cm³/mol. The number of hydrogen-bond acceptors (Lipinski definition) is 6. The van der Waals surface area contributed by atoms with Crippen molar-refractivity contribution in [2.75, 3.05) is 17.7 Å². The number of H-pyrrole nitrogens is 1. The average molecular weight is 578 g/mol. The fourth-order valence-electron chi connectivity index (χ4n) is 5.03. The van der Waals surface area contributed by atoms with Crippen molar-refractivity contribution in [1.82, 2.24) is 15.0 Å². The molecule has 0 saturated carbocycles. The molecule has 0 spiro atoms. The Hall–Kier alpha value is -5.18. The van der Waals surface area contributed by atoms with Crippen LogP contribution in [0.5, 0.6) is 11.5 Å². The second-order valence-electron chi connectivity index (χ2n) is 10.9. The van der Waals surface area contributed by atoms with Crippen molar-refractivity contribution >= 4 is 28.4 Å². The minimum absolute atomic E-state index is 0.0808. The van der Waals surface area contributed by atoms with Gasteiger partial charge in [0.1, 0.15) is 29.4 Å². The van der Waals surface area contributed by atoms with Gasteiger partial charge < -0.3 is 25.1 Å². The van der Waals surface area contributed by atoms with Crippen molar-refractivity contribution < 1.29 is 14.3 Å². The van der Waals surface area contributed by atoms with Gasteiger partial charge in [0.05, 0.1) is 7.11 Å². The lowest BCUT2D eigenvalue weighted by Gasteiger charge is -2.22. The molecule has 0 aliphatic carbocycles. The van der Waals surface area contributed by atoms with Crippen molar-refractivity contribution in [1.29, 1.82) is 0 Å². The molecule has 2 amide bonds. The van der Waals surface area contributed by atoms with E-state index < -0.39 is 11.6 Å². The van der Waals surface area contributed by atoms with Crippen LogP contribution in [0.2, 0.25) is 0 Å². The number of benzene rings is 2. The summed E-state index contributed by atoms with van der Waals surface area (Å²) in [5, 5.41) is 6.59. The smallest absolute Gasteiger partial charge is 0.323 e. The van der Waals surface area contributed by atoms with Crippen LogP contribution in [0.3, 0.4) is 0 Å². The molecule has 0 unspecified atom stereocenters. The van der Waals surface area contributed by atoms with Gasteiger partial charge in [0.25, 0.3) is 5.56 Å². The molecule has 0 aliphatic rings. The molecule has 0 atom stereocenters. The topological polar surface area (TPSA) is 118 Å². The van der Waals surface area contributed by atoms with E-state index in [9.17, 15) is 9.59 Å². The number of urea groups is 1. The van der Waals surface area contributed by atoms with Crippen molar-refractivity contribution in [2.45, 2.75) is 46.1 Å². The number of ether oxygens (including phenoxy) is 2. The van der Waals surface area contributed by atoms with E-state index in [-0.39, 0.29) is 17.5 Å². The number of carbonyl (C=O) groups is 1. The van der Waals surface area contributed by atoms with Crippen LogP contribution in [0.1, 0.15) is 56.2 Å². The Morgan fingerprint density at radius 3 is 2.28 bits per heavy atom. The van der Waals surface area contributed by atoms with E-state index >= 15 is 0 Å². The molecule has 0 radical (unpaired) electrons. The molecule has 9 heteroatoms. The van der Waals surface area contributed by atoms with E-state index in [1.807, 2.05) is 54.6 Å². The minimum Gasteiger partial charge on any atom is -0.497 e. The van der Waals surface area contributed by atoms with E-state index in [2.05, 4.69) is 53.3 Å². The Labute approximate surface area is 250 Å². The lowest BCUT2D eigenvalue weighted by molar-refractivity contribution is 0.262. The number of rotatable bonds is 9. The largest absolute Gasteiger partial charge is 0.497 e. The highest BCUT2D eigenvalue weighted by molar-refractivity contribution is 6.07. The van der Waals surface area contributed by atoms with Gasteiger partial charge in [-0.1, -0.05) is 45.9 Å². The maximum absolute atomic E-state index is 13.7. The number of aromatic amines is 1. The van der Waals surface area contributed by atoms with Gasteiger partial charge in [-0.15, -0.1) is 0 Å². The molecule has 0 bridgehead atoms. The molecule has 3 heterocycles. The maximum atomic E-state index is 13.7. The van der Waals surface area contributed by atoms with Crippen LogP contribution < -0.4 is 25.7 Å². The number of carbonyl (C=O) groups excluding carboxylic acids is 1. The number of anilines is 2. The minimum atomic E-state index is -0.536. The Morgan fingerprint density at radius 2 is 1.60 bits per heavy atom. The summed E-state index contributed by atoms with van der Waals surface area (Å²) in [4.78, 5) is 38.3. The molecule has 2 aromatic carbocycles. The summed E-state index contributed by atoms with van der Waals surface area (Å²) in [5.41, 5.74) is 4.82. The van der Waals surface area contributed by atoms with Crippen LogP contribution in [-0.2, 0) is 6.61 Å². The summed E-state index contributed by atoms with van der Waals surface area (Å²) in [6.07, 6.45) is 5.11. The summed E-state index contributed by atoms with van der Waals surface area (Å²) in [5.74, 6) is 1.50. The van der Waals surface area contributed by atoms with Gasteiger partial charge in [0.15, 0.2) is 0 Å². The third-order valence-corrected chi connectivity index (χ3v) is 7.17. The lowest BCUT2D eigenvalue weighted by atomic mass is 9.92. The van der Waals surface area contributed by atoms with Gasteiger partial charge in [0.2, 0.25) is 0 Å². The summed E-state index contributed by atoms with van der Waals surface area (Å²) in [6.45, 7) is 8.64. The number of nitrogens with one attached hydrogen (secondary N) is 3. The van der Waals surface area contributed by atoms with Gasteiger partial charge in [0, 0.05) is 40.8 Å². The second-order valence-corrected chi connectivity index (χ2v) is 10.9. The van der Waals surface area contributed by atoms with Gasteiger partial charge in [-0.2, -0.15) is 0 Å². The van der Waals surface area contributed by atoms with Gasteiger partial charge >= 0.3 is 6.03 Å². The molecule has 0 aliphatic heterocycles. The van der Waals surface area contributed by atoms with Crippen molar-refractivity contribution in [2.24, 2.45) is 0 Å². The third-order valence-electron chi connectivity index (χ3n) is 7.17. The Bertz CT molecular complexity index is 1790. The van der Waals surface area contributed by atoms with Crippen molar-refractivity contribution in [3.63, 3.8) is 0 Å². The normalized spacial score (nSPS) is 11.1. The number of hydrogen-bond donors (Lipinski definition) is 3. The van der Waals surface area contributed by atoms with Gasteiger partial charge in [-0.3, -0.25) is 9.78 Å². The first-order chi connectivity index (χ1) is 20.7. The predicted octanol–water partition coefficient (Wildman–Crippen LogP) is 7.46. The molecule has 5 aromatic rings. The molecule has 43 heavy (non-hydrogen) atoms. The lowest BCUT2D eigenvalue weighted by Crippen LogP contribution is -2.26. The second kappa shape index (κ2) is 12.8. The fraction of sp³-hybridized carbons (Fsp3) is 0.235. The monoisotopic (exact) mass is 577 g/mol. The number of pyridine rings is 3. The summed E-state index contributed by atoms with van der Waals surface area (Å²) in [7, 11) is 1.58. The zero-order valence-corrected chi connectivity index (χ0v) is 24.9. The maximum Gasteiger partial charge on any atom is 0.323 e. The van der Waals surface area contributed by atoms with Crippen molar-refractivity contribution in [3.8, 4) is 22.6 Å². The van der Waals surface area contributed by atoms with E-state index in [1.54, 1.807) is 31.8 Å². The average Bonchev–Trinajstić information content (AvgIpc) is 3.01. The van der Waals surface area contributed by atoms with Crippen LogP contribution in [-0.4, -0.2) is 28.1 Å². The zero-order valence-electron chi connectivity index (χ0n) is 24.9. The van der Waals surface area contributed by atoms with E-state index in [0.29, 0.717) is 46.0 Å². The quantitative estimate of drug-likeness (QED) is 0.167. The number of methoxy groups -OCH3 is 1. The van der Waals surface area contributed by atoms with Crippen molar-refractivity contribution in [3.05, 3.63) is 106 Å². The van der Waals surface area contributed by atoms with Crippen LogP contribution in [0.4, 0.5) is 16.2 Å². The molecule has 9 nitrogen and oxygen atoms in total. The SMILES string of the molecule is COc1cccc(-c2c(NC(=O)Nc3c(C(C)C)cc(OCc4cccnc4)cc3C(C)C)c(=O)[nH]c3ncccc23)c1.